The zero-order valence-electron chi connectivity index (χ0n) is 9.31. The molecular formula is C13H8Cl4O. The van der Waals surface area contributed by atoms with Crippen LogP contribution in [0.5, 0.6) is 5.75 Å². The highest BCUT2D eigenvalue weighted by Crippen LogP contribution is 2.39. The van der Waals surface area contributed by atoms with E-state index in [0.29, 0.717) is 25.8 Å². The first-order valence-electron chi connectivity index (χ1n) is 5.01. The Kier molecular flexibility index (Phi) is 4.29. The van der Waals surface area contributed by atoms with E-state index in [9.17, 15) is 0 Å². The molecule has 0 N–H and O–H groups in total. The summed E-state index contributed by atoms with van der Waals surface area (Å²) in [6.07, 6.45) is 0. The van der Waals surface area contributed by atoms with E-state index < -0.39 is 0 Å². The molecule has 0 heterocycles. The van der Waals surface area contributed by atoms with Gasteiger partial charge in [0, 0.05) is 15.6 Å². The summed E-state index contributed by atoms with van der Waals surface area (Å²) < 4.78 is 5.17. The van der Waals surface area contributed by atoms with Gasteiger partial charge in [-0.1, -0.05) is 52.5 Å². The van der Waals surface area contributed by atoms with Crippen molar-refractivity contribution in [2.75, 3.05) is 7.11 Å². The van der Waals surface area contributed by atoms with Gasteiger partial charge in [0.1, 0.15) is 10.8 Å². The van der Waals surface area contributed by atoms with Gasteiger partial charge in [-0.05, 0) is 29.8 Å². The van der Waals surface area contributed by atoms with Gasteiger partial charge in [0.05, 0.1) is 12.1 Å². The fourth-order valence-corrected chi connectivity index (χ4v) is 2.51. The molecule has 0 atom stereocenters. The Morgan fingerprint density at radius 3 is 2.22 bits per heavy atom. The van der Waals surface area contributed by atoms with Gasteiger partial charge in [-0.3, -0.25) is 0 Å². The zero-order chi connectivity index (χ0) is 13.3. The monoisotopic (exact) mass is 320 g/mol. The molecule has 0 radical (unpaired) electrons. The molecule has 2 aromatic rings. The van der Waals surface area contributed by atoms with E-state index >= 15 is 0 Å². The number of rotatable bonds is 2. The van der Waals surface area contributed by atoms with Crippen LogP contribution < -0.4 is 4.74 Å². The van der Waals surface area contributed by atoms with Crippen LogP contribution in [-0.2, 0) is 0 Å². The fourth-order valence-electron chi connectivity index (χ4n) is 1.59. The standard InChI is InChI=1S/C13H8Cl4O/c1-18-12-5-7(4-11(16)13(12)17)9-3-2-8(14)6-10(9)15/h2-6H,1H3. The molecule has 0 aliphatic carbocycles. The summed E-state index contributed by atoms with van der Waals surface area (Å²) in [5.74, 6) is 0.505. The number of methoxy groups -OCH3 is 1. The maximum Gasteiger partial charge on any atom is 0.139 e. The molecule has 0 saturated heterocycles. The Morgan fingerprint density at radius 2 is 1.61 bits per heavy atom. The molecule has 0 aromatic heterocycles. The highest BCUT2D eigenvalue weighted by molar-refractivity contribution is 6.43. The summed E-state index contributed by atoms with van der Waals surface area (Å²) >= 11 is 24.1. The third-order valence-electron chi connectivity index (χ3n) is 2.46. The fraction of sp³-hybridized carbons (Fsp3) is 0.0769. The number of benzene rings is 2. The molecule has 0 unspecified atom stereocenters. The van der Waals surface area contributed by atoms with Crippen molar-refractivity contribution in [3.8, 4) is 16.9 Å². The van der Waals surface area contributed by atoms with Crippen molar-refractivity contribution in [1.29, 1.82) is 0 Å². The maximum absolute atomic E-state index is 6.15. The number of halogens is 4. The van der Waals surface area contributed by atoms with Crippen LogP contribution in [0.2, 0.25) is 20.1 Å². The first-order chi connectivity index (χ1) is 8.52. The van der Waals surface area contributed by atoms with Crippen molar-refractivity contribution in [3.63, 3.8) is 0 Å². The maximum atomic E-state index is 6.15. The Balaban J connectivity index is 2.60. The average molecular weight is 322 g/mol. The van der Waals surface area contributed by atoms with Crippen LogP contribution in [0.25, 0.3) is 11.1 Å². The zero-order valence-corrected chi connectivity index (χ0v) is 12.3. The molecule has 2 rings (SSSR count). The molecule has 94 valence electrons. The number of hydrogen-bond donors (Lipinski definition) is 0. The van der Waals surface area contributed by atoms with E-state index in [4.69, 9.17) is 51.1 Å². The first kappa shape index (κ1) is 13.8. The van der Waals surface area contributed by atoms with Gasteiger partial charge in [-0.25, -0.2) is 0 Å². The summed E-state index contributed by atoms with van der Waals surface area (Å²) in [6.45, 7) is 0. The molecule has 1 nitrogen and oxygen atoms in total. The molecule has 2 aromatic carbocycles. The minimum absolute atomic E-state index is 0.382. The Hall–Kier alpha value is -0.600. The molecule has 0 bridgehead atoms. The van der Waals surface area contributed by atoms with Crippen molar-refractivity contribution in [3.05, 3.63) is 50.4 Å². The highest BCUT2D eigenvalue weighted by Gasteiger charge is 2.11. The van der Waals surface area contributed by atoms with Crippen molar-refractivity contribution in [1.82, 2.24) is 0 Å². The molecule has 0 saturated carbocycles. The van der Waals surface area contributed by atoms with E-state index in [1.807, 2.05) is 6.07 Å². The van der Waals surface area contributed by atoms with Crippen LogP contribution >= 0.6 is 46.4 Å². The minimum Gasteiger partial charge on any atom is -0.495 e. The van der Waals surface area contributed by atoms with E-state index in [1.165, 1.54) is 7.11 Å². The van der Waals surface area contributed by atoms with Crippen LogP contribution in [0.1, 0.15) is 0 Å². The lowest BCUT2D eigenvalue weighted by atomic mass is 10.1. The Morgan fingerprint density at radius 1 is 0.889 bits per heavy atom. The molecule has 0 fully saturated rings. The summed E-state index contributed by atoms with van der Waals surface area (Å²) in [4.78, 5) is 0. The highest BCUT2D eigenvalue weighted by atomic mass is 35.5. The van der Waals surface area contributed by atoms with Gasteiger partial charge < -0.3 is 4.74 Å². The third kappa shape index (κ3) is 2.70. The Labute approximate surface area is 125 Å². The second-order valence-electron chi connectivity index (χ2n) is 3.60. The lowest BCUT2D eigenvalue weighted by molar-refractivity contribution is 0.415. The van der Waals surface area contributed by atoms with Gasteiger partial charge in [-0.15, -0.1) is 0 Å². The van der Waals surface area contributed by atoms with Crippen molar-refractivity contribution >= 4 is 46.4 Å². The van der Waals surface area contributed by atoms with Crippen molar-refractivity contribution in [2.24, 2.45) is 0 Å². The lowest BCUT2D eigenvalue weighted by Crippen LogP contribution is -1.87. The van der Waals surface area contributed by atoms with Gasteiger partial charge >= 0.3 is 0 Å². The third-order valence-corrected chi connectivity index (χ3v) is 3.79. The summed E-state index contributed by atoms with van der Waals surface area (Å²) in [7, 11) is 1.53. The second-order valence-corrected chi connectivity index (χ2v) is 5.23. The predicted octanol–water partition coefficient (Wildman–Crippen LogP) is 5.98. The topological polar surface area (TPSA) is 9.23 Å². The smallest absolute Gasteiger partial charge is 0.139 e. The molecule has 0 aliphatic heterocycles. The van der Waals surface area contributed by atoms with Crippen molar-refractivity contribution in [2.45, 2.75) is 0 Å². The number of ether oxygens (including phenoxy) is 1. The van der Waals surface area contributed by atoms with Crippen LogP contribution in [0, 0.1) is 0 Å². The van der Waals surface area contributed by atoms with E-state index in [-0.39, 0.29) is 0 Å². The summed E-state index contributed by atoms with van der Waals surface area (Å²) in [6, 6.07) is 8.78. The average Bonchev–Trinajstić information content (AvgIpc) is 2.32. The molecule has 0 aliphatic rings. The normalized spacial score (nSPS) is 10.5. The molecule has 0 amide bonds. The van der Waals surface area contributed by atoms with E-state index in [1.54, 1.807) is 24.3 Å². The van der Waals surface area contributed by atoms with Gasteiger partial charge in [-0.2, -0.15) is 0 Å². The SMILES string of the molecule is COc1cc(-c2ccc(Cl)cc2Cl)cc(Cl)c1Cl. The Bertz CT molecular complexity index is 596. The van der Waals surface area contributed by atoms with Crippen LogP contribution in [-0.4, -0.2) is 7.11 Å². The number of hydrogen-bond acceptors (Lipinski definition) is 1. The van der Waals surface area contributed by atoms with Crippen LogP contribution in [0.4, 0.5) is 0 Å². The van der Waals surface area contributed by atoms with E-state index in [0.717, 1.165) is 11.1 Å². The first-order valence-corrected chi connectivity index (χ1v) is 6.52. The summed E-state index contributed by atoms with van der Waals surface area (Å²) in [5.41, 5.74) is 1.64. The summed E-state index contributed by atoms with van der Waals surface area (Å²) in [5, 5.41) is 1.92. The van der Waals surface area contributed by atoms with Gasteiger partial charge in [0.25, 0.3) is 0 Å². The lowest BCUT2D eigenvalue weighted by Gasteiger charge is -2.10. The van der Waals surface area contributed by atoms with Crippen LogP contribution in [0.3, 0.4) is 0 Å². The van der Waals surface area contributed by atoms with Crippen LogP contribution in [0.15, 0.2) is 30.3 Å². The van der Waals surface area contributed by atoms with Gasteiger partial charge in [0.2, 0.25) is 0 Å². The molecule has 0 spiro atoms. The van der Waals surface area contributed by atoms with Crippen molar-refractivity contribution < 1.29 is 4.74 Å². The quantitative estimate of drug-likeness (QED) is 0.661. The largest absolute Gasteiger partial charge is 0.495 e. The molecular weight excluding hydrogens is 314 g/mol. The second kappa shape index (κ2) is 5.58. The molecule has 18 heavy (non-hydrogen) atoms. The van der Waals surface area contributed by atoms with E-state index in [2.05, 4.69) is 0 Å². The minimum atomic E-state index is 0.382. The van der Waals surface area contributed by atoms with Gasteiger partial charge in [0.15, 0.2) is 0 Å². The predicted molar refractivity (Wildman–Crippen MR) is 78.5 cm³/mol. The molecule has 5 heteroatoms.